The lowest BCUT2D eigenvalue weighted by Crippen LogP contribution is -2.04. The predicted octanol–water partition coefficient (Wildman–Crippen LogP) is 5.61. The van der Waals surface area contributed by atoms with Crippen molar-refractivity contribution in [3.05, 3.63) is 60.5 Å². The zero-order chi connectivity index (χ0) is 18.7. The Morgan fingerprint density at radius 1 is 1.04 bits per heavy atom. The van der Waals surface area contributed by atoms with Gasteiger partial charge in [0.25, 0.3) is 0 Å². The summed E-state index contributed by atoms with van der Waals surface area (Å²) >= 11 is 0. The van der Waals surface area contributed by atoms with E-state index < -0.39 is 12.4 Å². The normalized spacial score (nSPS) is 11.3. The molecule has 0 fully saturated rings. The molecule has 0 saturated heterocycles. The maximum atomic E-state index is 14.7. The fraction of sp³-hybridized carbons (Fsp3) is 0.250. The Labute approximate surface area is 150 Å². The van der Waals surface area contributed by atoms with Crippen LogP contribution in [0.1, 0.15) is 13.8 Å². The second kappa shape index (κ2) is 7.64. The molecule has 6 heteroatoms. The molecule has 1 heterocycles. The van der Waals surface area contributed by atoms with Gasteiger partial charge in [0.1, 0.15) is 11.5 Å². The Morgan fingerprint density at radius 2 is 1.77 bits per heavy atom. The standard InChI is InChI=1S/C20H19F3N2O/c1-13(2)11-25-12-18(26-20(22)23)19(24-25)16-9-8-15(10-17(16)21)14-6-4-3-5-7-14/h3-10,12-13,20H,11H2,1-2H3. The Kier molecular flexibility index (Phi) is 5.30. The molecule has 26 heavy (non-hydrogen) atoms. The third-order valence-corrected chi connectivity index (χ3v) is 3.83. The van der Waals surface area contributed by atoms with Crippen LogP contribution in [-0.2, 0) is 6.54 Å². The third-order valence-electron chi connectivity index (χ3n) is 3.83. The minimum atomic E-state index is -3.00. The van der Waals surface area contributed by atoms with E-state index in [0.717, 1.165) is 5.56 Å². The van der Waals surface area contributed by atoms with Gasteiger partial charge in [-0.1, -0.05) is 50.2 Å². The van der Waals surface area contributed by atoms with E-state index in [-0.39, 0.29) is 22.9 Å². The average Bonchev–Trinajstić information content (AvgIpc) is 2.96. The number of hydrogen-bond donors (Lipinski definition) is 0. The molecule has 0 saturated carbocycles. The molecule has 136 valence electrons. The number of nitrogens with zero attached hydrogens (tertiary/aromatic N) is 2. The summed E-state index contributed by atoms with van der Waals surface area (Å²) in [6.07, 6.45) is 1.38. The summed E-state index contributed by atoms with van der Waals surface area (Å²) in [5, 5.41) is 4.26. The molecule has 0 atom stereocenters. The molecule has 0 aliphatic carbocycles. The number of alkyl halides is 2. The van der Waals surface area contributed by atoms with Gasteiger partial charge in [-0.05, 0) is 29.2 Å². The van der Waals surface area contributed by atoms with E-state index in [1.54, 1.807) is 6.07 Å². The van der Waals surface area contributed by atoms with Crippen molar-refractivity contribution in [1.82, 2.24) is 9.78 Å². The summed E-state index contributed by atoms with van der Waals surface area (Å²) in [5.41, 5.74) is 1.77. The average molecular weight is 360 g/mol. The van der Waals surface area contributed by atoms with Crippen LogP contribution in [0.2, 0.25) is 0 Å². The smallest absolute Gasteiger partial charge is 0.387 e. The molecule has 0 aliphatic rings. The molecule has 3 aromatic rings. The van der Waals surface area contributed by atoms with Gasteiger partial charge in [-0.25, -0.2) is 4.39 Å². The number of hydrogen-bond acceptors (Lipinski definition) is 2. The molecule has 3 rings (SSSR count). The highest BCUT2D eigenvalue weighted by Crippen LogP contribution is 2.34. The summed E-state index contributed by atoms with van der Waals surface area (Å²) < 4.78 is 46.2. The molecule has 0 spiro atoms. The molecule has 0 bridgehead atoms. The van der Waals surface area contributed by atoms with Gasteiger partial charge in [0.2, 0.25) is 0 Å². The van der Waals surface area contributed by atoms with Crippen LogP contribution in [-0.4, -0.2) is 16.4 Å². The van der Waals surface area contributed by atoms with Gasteiger partial charge in [-0.15, -0.1) is 0 Å². The number of halogens is 3. The predicted molar refractivity (Wildman–Crippen MR) is 94.5 cm³/mol. The molecule has 2 aromatic carbocycles. The van der Waals surface area contributed by atoms with E-state index in [4.69, 9.17) is 0 Å². The first-order chi connectivity index (χ1) is 12.4. The van der Waals surface area contributed by atoms with Gasteiger partial charge >= 0.3 is 6.61 Å². The van der Waals surface area contributed by atoms with Crippen LogP contribution in [0.15, 0.2) is 54.7 Å². The molecule has 0 N–H and O–H groups in total. The van der Waals surface area contributed by atoms with Gasteiger partial charge in [-0.3, -0.25) is 4.68 Å². The van der Waals surface area contributed by atoms with Crippen molar-refractivity contribution in [2.24, 2.45) is 5.92 Å². The van der Waals surface area contributed by atoms with Gasteiger partial charge in [0.05, 0.1) is 6.20 Å². The molecule has 1 aromatic heterocycles. The fourth-order valence-electron chi connectivity index (χ4n) is 2.76. The van der Waals surface area contributed by atoms with E-state index in [1.807, 2.05) is 44.2 Å². The highest BCUT2D eigenvalue weighted by atomic mass is 19.3. The maximum absolute atomic E-state index is 14.7. The van der Waals surface area contributed by atoms with Gasteiger partial charge < -0.3 is 4.74 Å². The summed E-state index contributed by atoms with van der Waals surface area (Å²) in [4.78, 5) is 0. The molecule has 0 amide bonds. The van der Waals surface area contributed by atoms with Gasteiger partial charge in [-0.2, -0.15) is 13.9 Å². The van der Waals surface area contributed by atoms with Crippen LogP contribution in [0, 0.1) is 11.7 Å². The molecule has 0 unspecified atom stereocenters. The van der Waals surface area contributed by atoms with Crippen LogP contribution >= 0.6 is 0 Å². The van der Waals surface area contributed by atoms with Crippen molar-refractivity contribution in [2.45, 2.75) is 27.0 Å². The van der Waals surface area contributed by atoms with Crippen LogP contribution in [0.25, 0.3) is 22.4 Å². The highest BCUT2D eigenvalue weighted by Gasteiger charge is 2.20. The number of aromatic nitrogens is 2. The summed E-state index contributed by atoms with van der Waals surface area (Å²) in [6.45, 7) is 1.47. The van der Waals surface area contributed by atoms with Crippen molar-refractivity contribution < 1.29 is 17.9 Å². The Bertz CT molecular complexity index is 876. The lowest BCUT2D eigenvalue weighted by molar-refractivity contribution is -0.0495. The molecular formula is C20H19F3N2O. The van der Waals surface area contributed by atoms with Crippen molar-refractivity contribution in [3.8, 4) is 28.1 Å². The van der Waals surface area contributed by atoms with E-state index in [9.17, 15) is 13.2 Å². The second-order valence-corrected chi connectivity index (χ2v) is 6.40. The lowest BCUT2D eigenvalue weighted by Gasteiger charge is -2.07. The quantitative estimate of drug-likeness (QED) is 0.571. The Morgan fingerprint density at radius 3 is 2.38 bits per heavy atom. The SMILES string of the molecule is CC(C)Cn1cc(OC(F)F)c(-c2ccc(-c3ccccc3)cc2F)n1. The minimum absolute atomic E-state index is 0.0723. The van der Waals surface area contributed by atoms with Crippen molar-refractivity contribution in [1.29, 1.82) is 0 Å². The van der Waals surface area contributed by atoms with Crippen LogP contribution < -0.4 is 4.74 Å². The number of benzene rings is 2. The van der Waals surface area contributed by atoms with E-state index in [0.29, 0.717) is 12.1 Å². The number of ether oxygens (including phenoxy) is 1. The summed E-state index contributed by atoms with van der Waals surface area (Å²) in [7, 11) is 0. The van der Waals surface area contributed by atoms with Crippen LogP contribution in [0.4, 0.5) is 13.2 Å². The van der Waals surface area contributed by atoms with E-state index >= 15 is 0 Å². The monoisotopic (exact) mass is 360 g/mol. The minimum Gasteiger partial charge on any atom is -0.431 e. The van der Waals surface area contributed by atoms with E-state index in [1.165, 1.54) is 23.0 Å². The highest BCUT2D eigenvalue weighted by molar-refractivity contribution is 5.72. The molecule has 0 aliphatic heterocycles. The van der Waals surface area contributed by atoms with Crippen molar-refractivity contribution in [2.75, 3.05) is 0 Å². The number of rotatable bonds is 6. The first-order valence-corrected chi connectivity index (χ1v) is 8.31. The molecule has 0 radical (unpaired) electrons. The van der Waals surface area contributed by atoms with Crippen molar-refractivity contribution in [3.63, 3.8) is 0 Å². The Hall–Kier alpha value is -2.76. The maximum Gasteiger partial charge on any atom is 0.387 e. The summed E-state index contributed by atoms with van der Waals surface area (Å²) in [6, 6.07) is 14.0. The third kappa shape index (κ3) is 4.07. The van der Waals surface area contributed by atoms with Gasteiger partial charge in [0.15, 0.2) is 5.75 Å². The second-order valence-electron chi connectivity index (χ2n) is 6.40. The van der Waals surface area contributed by atoms with Crippen LogP contribution in [0.5, 0.6) is 5.75 Å². The lowest BCUT2D eigenvalue weighted by atomic mass is 10.0. The first-order valence-electron chi connectivity index (χ1n) is 8.31. The van der Waals surface area contributed by atoms with Crippen LogP contribution in [0.3, 0.4) is 0 Å². The van der Waals surface area contributed by atoms with Gasteiger partial charge in [0, 0.05) is 12.1 Å². The molecule has 3 nitrogen and oxygen atoms in total. The Balaban J connectivity index is 2.01. The summed E-state index contributed by atoms with van der Waals surface area (Å²) in [5.74, 6) is -0.417. The fourth-order valence-corrected chi connectivity index (χ4v) is 2.76. The zero-order valence-electron chi connectivity index (χ0n) is 14.5. The first kappa shape index (κ1) is 18.0. The molecular weight excluding hydrogens is 341 g/mol. The largest absolute Gasteiger partial charge is 0.431 e. The van der Waals surface area contributed by atoms with E-state index in [2.05, 4.69) is 9.84 Å². The topological polar surface area (TPSA) is 27.1 Å². The van der Waals surface area contributed by atoms with Crippen molar-refractivity contribution >= 4 is 0 Å². The zero-order valence-corrected chi connectivity index (χ0v) is 14.5.